The minimum absolute atomic E-state index is 0.0884. The second-order valence-corrected chi connectivity index (χ2v) is 5.08. The van der Waals surface area contributed by atoms with Crippen LogP contribution in [0, 0.1) is 5.41 Å². The standard InChI is InChI=1S/C14H17N3O2/c1-14(2,3)9-16-11-8-6-5-7-10(11)12(17-15)13(18)19-4/h5-9H,1-4H3. The zero-order valence-corrected chi connectivity index (χ0v) is 11.5. The van der Waals surface area contributed by atoms with Gasteiger partial charge in [0.05, 0.1) is 18.4 Å². The van der Waals surface area contributed by atoms with Gasteiger partial charge < -0.3 is 10.3 Å². The molecule has 5 heteroatoms. The Bertz CT molecular complexity index is 550. The fourth-order valence-electron chi connectivity index (χ4n) is 1.35. The van der Waals surface area contributed by atoms with Crippen LogP contribution in [-0.2, 0) is 9.53 Å². The van der Waals surface area contributed by atoms with Crippen LogP contribution in [0.3, 0.4) is 0 Å². The first kappa shape index (κ1) is 14.8. The first-order valence-corrected chi connectivity index (χ1v) is 5.84. The molecule has 0 saturated heterocycles. The van der Waals surface area contributed by atoms with Gasteiger partial charge in [-0.2, -0.15) is 4.79 Å². The molecular formula is C14H17N3O2. The van der Waals surface area contributed by atoms with Crippen LogP contribution < -0.4 is 0 Å². The van der Waals surface area contributed by atoms with E-state index in [9.17, 15) is 4.79 Å². The number of carbonyl (C=O) groups is 1. The summed E-state index contributed by atoms with van der Waals surface area (Å²) in [7, 11) is 1.23. The molecular weight excluding hydrogens is 242 g/mol. The van der Waals surface area contributed by atoms with Gasteiger partial charge in [0.25, 0.3) is 0 Å². The van der Waals surface area contributed by atoms with Crippen molar-refractivity contribution in [3.8, 4) is 0 Å². The van der Waals surface area contributed by atoms with E-state index in [0.29, 0.717) is 11.3 Å². The summed E-state index contributed by atoms with van der Waals surface area (Å²) in [5.74, 6) is -0.707. The molecule has 0 amide bonds. The summed E-state index contributed by atoms with van der Waals surface area (Å²) >= 11 is 0. The van der Waals surface area contributed by atoms with Gasteiger partial charge in [-0.15, -0.1) is 0 Å². The molecule has 1 rings (SSSR count). The van der Waals surface area contributed by atoms with Gasteiger partial charge in [-0.1, -0.05) is 32.9 Å². The molecule has 0 aromatic heterocycles. The van der Waals surface area contributed by atoms with Gasteiger partial charge in [-0.3, -0.25) is 4.99 Å². The number of ether oxygens (including phenoxy) is 1. The van der Waals surface area contributed by atoms with E-state index in [-0.39, 0.29) is 11.1 Å². The molecule has 0 aliphatic heterocycles. The van der Waals surface area contributed by atoms with Crippen molar-refractivity contribution in [3.63, 3.8) is 0 Å². The van der Waals surface area contributed by atoms with Gasteiger partial charge in [0.2, 0.25) is 0 Å². The zero-order valence-electron chi connectivity index (χ0n) is 11.5. The Kier molecular flexibility index (Phi) is 4.73. The van der Waals surface area contributed by atoms with E-state index in [1.807, 2.05) is 20.8 Å². The molecule has 0 radical (unpaired) electrons. The van der Waals surface area contributed by atoms with Crippen LogP contribution in [-0.4, -0.2) is 29.8 Å². The van der Waals surface area contributed by atoms with Crippen molar-refractivity contribution >= 4 is 23.6 Å². The average Bonchev–Trinajstić information content (AvgIpc) is 2.37. The van der Waals surface area contributed by atoms with Crippen LogP contribution in [0.1, 0.15) is 26.3 Å². The Morgan fingerprint density at radius 1 is 1.37 bits per heavy atom. The molecule has 19 heavy (non-hydrogen) atoms. The highest BCUT2D eigenvalue weighted by Crippen LogP contribution is 2.21. The summed E-state index contributed by atoms with van der Waals surface area (Å²) in [6.07, 6.45) is 1.78. The average molecular weight is 259 g/mol. The number of benzene rings is 1. The number of aliphatic imine (C=N–C) groups is 1. The van der Waals surface area contributed by atoms with Crippen molar-refractivity contribution in [3.05, 3.63) is 35.4 Å². The minimum atomic E-state index is -0.707. The molecule has 0 atom stereocenters. The lowest BCUT2D eigenvalue weighted by Crippen LogP contribution is -2.18. The van der Waals surface area contributed by atoms with E-state index in [4.69, 9.17) is 5.53 Å². The maximum Gasteiger partial charge on any atom is 0.422 e. The number of carbonyl (C=O) groups excluding carboxylic acids is 1. The summed E-state index contributed by atoms with van der Waals surface area (Å²) in [5, 5.41) is 0. The molecule has 0 aliphatic carbocycles. The Balaban J connectivity index is 3.27. The lowest BCUT2D eigenvalue weighted by atomic mass is 9.99. The molecule has 0 spiro atoms. The molecule has 5 nitrogen and oxygen atoms in total. The van der Waals surface area contributed by atoms with Crippen molar-refractivity contribution in [1.29, 1.82) is 0 Å². The Morgan fingerprint density at radius 2 is 2.00 bits per heavy atom. The molecule has 1 aromatic rings. The third-order valence-electron chi connectivity index (χ3n) is 2.23. The van der Waals surface area contributed by atoms with Crippen molar-refractivity contribution in [2.45, 2.75) is 20.8 Å². The van der Waals surface area contributed by atoms with Crippen LogP contribution >= 0.6 is 0 Å². The molecule has 0 saturated carbocycles. The van der Waals surface area contributed by atoms with Gasteiger partial charge in [0, 0.05) is 6.21 Å². The molecule has 0 bridgehead atoms. The van der Waals surface area contributed by atoms with Crippen molar-refractivity contribution in [1.82, 2.24) is 0 Å². The number of hydrogen-bond donors (Lipinski definition) is 0. The Hall–Kier alpha value is -2.26. The topological polar surface area (TPSA) is 75.1 Å². The van der Waals surface area contributed by atoms with Crippen molar-refractivity contribution in [2.75, 3.05) is 7.11 Å². The highest BCUT2D eigenvalue weighted by atomic mass is 16.5. The van der Waals surface area contributed by atoms with Gasteiger partial charge in [0.1, 0.15) is 0 Å². The first-order chi connectivity index (χ1) is 8.89. The molecule has 1 aromatic carbocycles. The van der Waals surface area contributed by atoms with Gasteiger partial charge in [0.15, 0.2) is 0 Å². The fraction of sp³-hybridized carbons (Fsp3) is 0.357. The van der Waals surface area contributed by atoms with E-state index < -0.39 is 5.97 Å². The van der Waals surface area contributed by atoms with Crippen LogP contribution in [0.5, 0.6) is 0 Å². The largest absolute Gasteiger partial charge is 0.460 e. The molecule has 100 valence electrons. The van der Waals surface area contributed by atoms with E-state index in [0.717, 1.165) is 0 Å². The molecule has 0 aliphatic rings. The highest BCUT2D eigenvalue weighted by Gasteiger charge is 2.26. The summed E-state index contributed by atoms with van der Waals surface area (Å²) in [6, 6.07) is 6.93. The van der Waals surface area contributed by atoms with E-state index in [1.165, 1.54) is 7.11 Å². The summed E-state index contributed by atoms with van der Waals surface area (Å²) in [5.41, 5.74) is 9.70. The SMILES string of the molecule is COC(=O)C(=[N+]=[N-])c1ccccc1N=CC(C)(C)C. The quantitative estimate of drug-likeness (QED) is 0.362. The van der Waals surface area contributed by atoms with Crippen molar-refractivity contribution < 1.29 is 14.3 Å². The Labute approximate surface area is 112 Å². The summed E-state index contributed by atoms with van der Waals surface area (Å²) in [6.45, 7) is 6.04. The monoisotopic (exact) mass is 259 g/mol. The molecule has 0 N–H and O–H groups in total. The first-order valence-electron chi connectivity index (χ1n) is 5.84. The number of esters is 1. The zero-order chi connectivity index (χ0) is 14.5. The molecule has 0 unspecified atom stereocenters. The predicted molar refractivity (Wildman–Crippen MR) is 73.8 cm³/mol. The minimum Gasteiger partial charge on any atom is -0.460 e. The normalized spacial score (nSPS) is 11.2. The van der Waals surface area contributed by atoms with Crippen LogP contribution in [0.15, 0.2) is 29.3 Å². The number of methoxy groups -OCH3 is 1. The smallest absolute Gasteiger partial charge is 0.422 e. The predicted octanol–water partition coefficient (Wildman–Crippen LogP) is 2.63. The van der Waals surface area contributed by atoms with E-state index in [1.54, 1.807) is 30.5 Å². The third-order valence-corrected chi connectivity index (χ3v) is 2.23. The maximum atomic E-state index is 11.5. The van der Waals surface area contributed by atoms with E-state index >= 15 is 0 Å². The number of hydrogen-bond acceptors (Lipinski definition) is 3. The summed E-state index contributed by atoms with van der Waals surface area (Å²) in [4.78, 5) is 18.9. The van der Waals surface area contributed by atoms with Crippen LogP contribution in [0.4, 0.5) is 5.69 Å². The van der Waals surface area contributed by atoms with Crippen molar-refractivity contribution in [2.24, 2.45) is 10.4 Å². The second-order valence-electron chi connectivity index (χ2n) is 5.08. The maximum absolute atomic E-state index is 11.5. The highest BCUT2D eigenvalue weighted by molar-refractivity contribution is 6.41. The fourth-order valence-corrected chi connectivity index (χ4v) is 1.35. The Morgan fingerprint density at radius 3 is 2.53 bits per heavy atom. The van der Waals surface area contributed by atoms with E-state index in [2.05, 4.69) is 14.5 Å². The lowest BCUT2D eigenvalue weighted by molar-refractivity contribution is -0.137. The lowest BCUT2D eigenvalue weighted by Gasteiger charge is -2.10. The van der Waals surface area contributed by atoms with Gasteiger partial charge >= 0.3 is 11.7 Å². The third kappa shape index (κ3) is 4.16. The second kappa shape index (κ2) is 6.07. The molecule has 0 fully saturated rings. The van der Waals surface area contributed by atoms with Crippen LogP contribution in [0.2, 0.25) is 0 Å². The van der Waals surface area contributed by atoms with Crippen LogP contribution in [0.25, 0.3) is 5.53 Å². The summed E-state index contributed by atoms with van der Waals surface area (Å²) < 4.78 is 4.58. The number of para-hydroxylation sites is 1. The number of rotatable bonds is 3. The van der Waals surface area contributed by atoms with Gasteiger partial charge in [-0.25, -0.2) is 4.79 Å². The number of nitrogens with zero attached hydrogens (tertiary/aromatic N) is 3. The molecule has 0 heterocycles. The van der Waals surface area contributed by atoms with Gasteiger partial charge in [-0.05, 0) is 17.5 Å².